The first-order valence-corrected chi connectivity index (χ1v) is 14.9. The summed E-state index contributed by atoms with van der Waals surface area (Å²) in [6, 6.07) is 13.3. The Hall–Kier alpha value is -3.37. The number of halogens is 1. The van der Waals surface area contributed by atoms with Crippen molar-refractivity contribution >= 4 is 23.4 Å². The molecule has 1 aromatic heterocycles. The van der Waals surface area contributed by atoms with Gasteiger partial charge in [-0.1, -0.05) is 18.2 Å². The van der Waals surface area contributed by atoms with E-state index in [1.54, 1.807) is 45.5 Å². The van der Waals surface area contributed by atoms with Gasteiger partial charge in [0.25, 0.3) is 5.56 Å². The maximum absolute atomic E-state index is 13.8. The lowest BCUT2D eigenvalue weighted by atomic mass is 10.0. The van der Waals surface area contributed by atoms with Gasteiger partial charge in [-0.2, -0.15) is 0 Å². The number of rotatable bonds is 12. The number of nitrogens with one attached hydrogen (secondary N) is 1. The molecule has 212 valence electrons. The zero-order valence-corrected chi connectivity index (χ0v) is 23.4. The van der Waals surface area contributed by atoms with Crippen LogP contribution in [0.15, 0.2) is 58.5 Å². The van der Waals surface area contributed by atoms with Crippen LogP contribution in [0.3, 0.4) is 0 Å². The van der Waals surface area contributed by atoms with Gasteiger partial charge in [0.2, 0.25) is 5.91 Å². The Bertz CT molecular complexity index is 1360. The molecule has 0 radical (unpaired) electrons. The molecule has 0 spiro atoms. The van der Waals surface area contributed by atoms with Gasteiger partial charge in [0.05, 0.1) is 36.6 Å². The van der Waals surface area contributed by atoms with Crippen LogP contribution in [0.5, 0.6) is 5.75 Å². The van der Waals surface area contributed by atoms with Crippen molar-refractivity contribution < 1.29 is 13.9 Å². The second-order valence-electron chi connectivity index (χ2n) is 10.3. The molecule has 1 amide bonds. The number of thioether (sulfide) groups is 1. The minimum Gasteiger partial charge on any atom is -0.494 e. The molecule has 1 aliphatic heterocycles. The molecule has 3 N–H and O–H groups in total. The van der Waals surface area contributed by atoms with Crippen LogP contribution in [0, 0.1) is 5.82 Å². The van der Waals surface area contributed by atoms with Crippen LogP contribution in [-0.4, -0.2) is 51.8 Å². The predicted molar refractivity (Wildman–Crippen MR) is 155 cm³/mol. The number of nitrogens with two attached hydrogens (primary N) is 1. The molecular formula is C30H36FN5O3S. The maximum Gasteiger partial charge on any atom is 0.264 e. The molecule has 0 unspecified atom stereocenters. The number of nitrogens with zero attached hydrogens (tertiary/aromatic N) is 3. The van der Waals surface area contributed by atoms with Crippen molar-refractivity contribution in [1.82, 2.24) is 19.8 Å². The highest BCUT2D eigenvalue weighted by Gasteiger charge is 2.28. The average molecular weight is 566 g/mol. The zero-order valence-electron chi connectivity index (χ0n) is 22.6. The van der Waals surface area contributed by atoms with E-state index in [4.69, 9.17) is 15.5 Å². The molecule has 2 aromatic carbocycles. The van der Waals surface area contributed by atoms with Crippen molar-refractivity contribution in [2.24, 2.45) is 0 Å². The number of nitrogen functional groups attached to an aromatic ring is 1. The van der Waals surface area contributed by atoms with Gasteiger partial charge in [-0.25, -0.2) is 9.37 Å². The van der Waals surface area contributed by atoms with E-state index in [0.717, 1.165) is 55.2 Å². The normalized spacial score (nSPS) is 15.0. The van der Waals surface area contributed by atoms with Crippen LogP contribution in [-0.2, 0) is 17.8 Å². The van der Waals surface area contributed by atoms with Crippen molar-refractivity contribution in [2.75, 3.05) is 32.0 Å². The van der Waals surface area contributed by atoms with Crippen molar-refractivity contribution in [3.8, 4) is 11.4 Å². The number of ether oxygens (including phenoxy) is 1. The number of fused-ring (bicyclic) bond motifs is 1. The van der Waals surface area contributed by atoms with E-state index in [1.165, 1.54) is 18.6 Å². The van der Waals surface area contributed by atoms with Gasteiger partial charge in [0.1, 0.15) is 11.6 Å². The Morgan fingerprint density at radius 1 is 1.10 bits per heavy atom. The lowest BCUT2D eigenvalue weighted by Gasteiger charge is -2.30. The number of hydrogen-bond donors (Lipinski definition) is 2. The molecule has 0 saturated heterocycles. The molecule has 2 heterocycles. The van der Waals surface area contributed by atoms with Crippen molar-refractivity contribution in [3.63, 3.8) is 0 Å². The van der Waals surface area contributed by atoms with Gasteiger partial charge >= 0.3 is 0 Å². The minimum atomic E-state index is -0.277. The summed E-state index contributed by atoms with van der Waals surface area (Å²) in [5.41, 5.74) is 8.55. The molecule has 1 fully saturated rings. The largest absolute Gasteiger partial charge is 0.494 e. The Labute approximate surface area is 238 Å². The van der Waals surface area contributed by atoms with Crippen LogP contribution in [0.4, 0.5) is 10.1 Å². The van der Waals surface area contributed by atoms with Gasteiger partial charge in [-0.05, 0) is 87.2 Å². The summed E-state index contributed by atoms with van der Waals surface area (Å²) in [5, 5.41) is 4.45. The smallest absolute Gasteiger partial charge is 0.264 e. The summed E-state index contributed by atoms with van der Waals surface area (Å²) >= 11 is 1.68. The highest BCUT2D eigenvalue weighted by atomic mass is 32.2. The third-order valence-corrected chi connectivity index (χ3v) is 8.67. The topological polar surface area (TPSA) is 102 Å². The zero-order chi connectivity index (χ0) is 27.9. The number of carbonyl (C=O) groups is 1. The first-order valence-electron chi connectivity index (χ1n) is 14.0. The molecule has 2 aliphatic rings. The monoisotopic (exact) mass is 565 g/mol. The quantitative estimate of drug-likeness (QED) is 0.192. The van der Waals surface area contributed by atoms with Crippen molar-refractivity contribution in [2.45, 2.75) is 61.9 Å². The fraction of sp³-hybridized carbons (Fsp3) is 0.433. The van der Waals surface area contributed by atoms with E-state index in [1.807, 2.05) is 12.1 Å². The van der Waals surface area contributed by atoms with Crippen molar-refractivity contribution in [1.29, 1.82) is 0 Å². The number of benzene rings is 2. The van der Waals surface area contributed by atoms with Crippen LogP contribution in [0.25, 0.3) is 5.69 Å². The van der Waals surface area contributed by atoms with Gasteiger partial charge in [0, 0.05) is 23.9 Å². The van der Waals surface area contributed by atoms with E-state index < -0.39 is 0 Å². The third-order valence-electron chi connectivity index (χ3n) is 7.38. The summed E-state index contributed by atoms with van der Waals surface area (Å²) in [6.45, 7) is 2.35. The SMILES string of the molecule is Nc1ccc(-n2c(SC3CCC3)nc3c(c2=O)CN(C(=O)CNCCCCCOc2ccc(F)cc2)CC3)cc1. The summed E-state index contributed by atoms with van der Waals surface area (Å²) < 4.78 is 20.3. The first-order chi connectivity index (χ1) is 19.5. The molecule has 8 nitrogen and oxygen atoms in total. The van der Waals surface area contributed by atoms with Crippen LogP contribution < -0.4 is 21.3 Å². The number of hydrogen-bond acceptors (Lipinski definition) is 7. The molecule has 0 atom stereocenters. The number of unbranched alkanes of at least 4 members (excludes halogenated alkanes) is 2. The van der Waals surface area contributed by atoms with Crippen LogP contribution in [0.1, 0.15) is 49.8 Å². The second kappa shape index (κ2) is 13.3. The molecule has 1 aliphatic carbocycles. The summed E-state index contributed by atoms with van der Waals surface area (Å²) in [7, 11) is 0. The molecule has 1 saturated carbocycles. The fourth-order valence-electron chi connectivity index (χ4n) is 4.79. The van der Waals surface area contributed by atoms with Gasteiger partial charge in [0.15, 0.2) is 5.16 Å². The van der Waals surface area contributed by atoms with E-state index in [-0.39, 0.29) is 30.4 Å². The second-order valence-corrected chi connectivity index (χ2v) is 11.6. The van der Waals surface area contributed by atoms with E-state index in [2.05, 4.69) is 5.32 Å². The van der Waals surface area contributed by atoms with Gasteiger partial charge in [-0.15, -0.1) is 0 Å². The summed E-state index contributed by atoms with van der Waals surface area (Å²) in [4.78, 5) is 33.4. The highest BCUT2D eigenvalue weighted by Crippen LogP contribution is 2.36. The Morgan fingerprint density at radius 2 is 1.88 bits per heavy atom. The first kappa shape index (κ1) is 28.2. The third kappa shape index (κ3) is 7.03. The molecule has 40 heavy (non-hydrogen) atoms. The predicted octanol–water partition coefficient (Wildman–Crippen LogP) is 4.32. The molecular weight excluding hydrogens is 529 g/mol. The number of anilines is 1. The molecule has 0 bridgehead atoms. The lowest BCUT2D eigenvalue weighted by molar-refractivity contribution is -0.131. The molecule has 10 heteroatoms. The highest BCUT2D eigenvalue weighted by molar-refractivity contribution is 7.99. The standard InChI is InChI=1S/C30H36FN5O3S/c31-21-7-13-24(14-8-21)39-18-3-1-2-16-33-19-28(37)35-17-15-27-26(20-35)29(38)36(23-11-9-22(32)10-12-23)30(34-27)40-25-5-4-6-25/h7-14,25,33H,1-6,15-20,32H2. The summed E-state index contributed by atoms with van der Waals surface area (Å²) in [5.74, 6) is 0.370. The Kier molecular flexibility index (Phi) is 9.38. The number of aromatic nitrogens is 2. The van der Waals surface area contributed by atoms with E-state index in [0.29, 0.717) is 41.8 Å². The minimum absolute atomic E-state index is 0.0170. The molecule has 5 rings (SSSR count). The maximum atomic E-state index is 13.8. The van der Waals surface area contributed by atoms with Gasteiger partial charge in [-0.3, -0.25) is 14.2 Å². The Balaban J connectivity index is 1.13. The molecule has 3 aromatic rings. The average Bonchev–Trinajstić information content (AvgIpc) is 2.93. The lowest BCUT2D eigenvalue weighted by Crippen LogP contribution is -2.44. The number of carbonyl (C=O) groups excluding carboxylic acids is 1. The van der Waals surface area contributed by atoms with E-state index >= 15 is 0 Å². The van der Waals surface area contributed by atoms with Crippen molar-refractivity contribution in [3.05, 3.63) is 76.0 Å². The fourth-order valence-corrected chi connectivity index (χ4v) is 6.12. The van der Waals surface area contributed by atoms with Crippen LogP contribution >= 0.6 is 11.8 Å². The number of amides is 1. The summed E-state index contributed by atoms with van der Waals surface area (Å²) in [6.07, 6.45) is 6.82. The van der Waals surface area contributed by atoms with Gasteiger partial charge < -0.3 is 20.7 Å². The van der Waals surface area contributed by atoms with Crippen LogP contribution in [0.2, 0.25) is 0 Å². The Morgan fingerprint density at radius 3 is 2.60 bits per heavy atom. The van der Waals surface area contributed by atoms with E-state index in [9.17, 15) is 14.0 Å².